The van der Waals surface area contributed by atoms with Gasteiger partial charge in [-0.25, -0.2) is 9.13 Å². The second kappa shape index (κ2) is 73.3. The van der Waals surface area contributed by atoms with Crippen molar-refractivity contribution in [1.29, 1.82) is 0 Å². The SMILES string of the molecule is CCC/C=C\C/C=C\CCCCCCCC(=O)OC(COC(=O)CCCCCCC/C=C\C/C=C\CCCCC)COP(=O)(O)OCC(O)COP(=O)(O)OCC(COC(=O)CCCCCCCC/C=C\C/C=C\C/C=C\CCCCC)OC(=O)CCCCCCC/C=C\CCCCCC. The van der Waals surface area contributed by atoms with E-state index in [2.05, 4.69) is 125 Å². The summed E-state index contributed by atoms with van der Waals surface area (Å²) in [5.41, 5.74) is 0. The molecule has 19 heteroatoms. The molecule has 0 bridgehead atoms. The topological polar surface area (TPSA) is 237 Å². The van der Waals surface area contributed by atoms with Crippen LogP contribution >= 0.6 is 15.6 Å². The van der Waals surface area contributed by atoms with Gasteiger partial charge in [-0.3, -0.25) is 37.3 Å². The highest BCUT2D eigenvalue weighted by Crippen LogP contribution is 2.45. The van der Waals surface area contributed by atoms with E-state index in [9.17, 15) is 43.2 Å². The number of carbonyl (C=O) groups is 4. The number of rotatable bonds is 74. The molecule has 0 aliphatic heterocycles. The summed E-state index contributed by atoms with van der Waals surface area (Å²) >= 11 is 0. The van der Waals surface area contributed by atoms with Crippen molar-refractivity contribution >= 4 is 39.5 Å². The van der Waals surface area contributed by atoms with E-state index in [-0.39, 0.29) is 25.7 Å². The summed E-state index contributed by atoms with van der Waals surface area (Å²) in [5, 5.41) is 10.6. The maximum absolute atomic E-state index is 13.1. The zero-order valence-electron chi connectivity index (χ0n) is 63.1. The number of unbranched alkanes of at least 4 members (excludes halogenated alkanes) is 32. The molecule has 0 aromatic rings. The number of hydrogen-bond acceptors (Lipinski definition) is 15. The first-order chi connectivity index (χ1) is 48.7. The number of phosphoric ester groups is 2. The lowest BCUT2D eigenvalue weighted by Gasteiger charge is -2.21. The normalized spacial score (nSPS) is 14.4. The maximum atomic E-state index is 13.1. The van der Waals surface area contributed by atoms with Crippen molar-refractivity contribution < 1.29 is 80.2 Å². The molecule has 0 aromatic carbocycles. The van der Waals surface area contributed by atoms with Gasteiger partial charge in [0.15, 0.2) is 12.2 Å². The van der Waals surface area contributed by atoms with E-state index in [0.29, 0.717) is 25.7 Å². The van der Waals surface area contributed by atoms with Gasteiger partial charge in [0.05, 0.1) is 26.4 Å². The Morgan fingerprint density at radius 1 is 0.280 bits per heavy atom. The van der Waals surface area contributed by atoms with Crippen molar-refractivity contribution in [2.75, 3.05) is 39.6 Å². The second-order valence-electron chi connectivity index (χ2n) is 26.3. The predicted molar refractivity (Wildman–Crippen MR) is 409 cm³/mol. The maximum Gasteiger partial charge on any atom is 0.472 e. The molecule has 0 fully saturated rings. The summed E-state index contributed by atoms with van der Waals surface area (Å²) < 4.78 is 68.5. The first-order valence-electron chi connectivity index (χ1n) is 39.5. The van der Waals surface area contributed by atoms with Crippen LogP contribution in [-0.4, -0.2) is 96.7 Å². The van der Waals surface area contributed by atoms with Crippen molar-refractivity contribution in [1.82, 2.24) is 0 Å². The molecule has 0 saturated carbocycles. The van der Waals surface area contributed by atoms with E-state index in [4.69, 9.17) is 37.0 Å². The van der Waals surface area contributed by atoms with Crippen molar-refractivity contribution in [3.63, 3.8) is 0 Å². The van der Waals surface area contributed by atoms with Crippen LogP contribution < -0.4 is 0 Å². The molecule has 0 radical (unpaired) electrons. The van der Waals surface area contributed by atoms with E-state index in [1.54, 1.807) is 0 Å². The van der Waals surface area contributed by atoms with Crippen molar-refractivity contribution in [3.8, 4) is 0 Å². The van der Waals surface area contributed by atoms with Gasteiger partial charge in [-0.1, -0.05) is 260 Å². The quantitative estimate of drug-likeness (QED) is 0.0169. The molecule has 0 aromatic heterocycles. The highest BCUT2D eigenvalue weighted by Gasteiger charge is 2.30. The van der Waals surface area contributed by atoms with Gasteiger partial charge in [0.2, 0.25) is 0 Å². The molecule has 5 atom stereocenters. The average Bonchev–Trinajstić information content (AvgIpc) is 0.929. The number of carbonyl (C=O) groups excluding carboxylic acids is 4. The Hall–Kier alpha value is -4.02. The molecule has 3 N–H and O–H groups in total. The third-order valence-corrected chi connectivity index (χ3v) is 18.4. The number of aliphatic hydroxyl groups excluding tert-OH is 1. The fourth-order valence-electron chi connectivity index (χ4n) is 10.4. The summed E-state index contributed by atoms with van der Waals surface area (Å²) in [6.45, 7) is 4.71. The van der Waals surface area contributed by atoms with Crippen LogP contribution in [0.1, 0.15) is 336 Å². The summed E-state index contributed by atoms with van der Waals surface area (Å²) in [4.78, 5) is 72.9. The molecular weight excluding hydrogens is 1310 g/mol. The van der Waals surface area contributed by atoms with Gasteiger partial charge in [0.1, 0.15) is 19.3 Å². The van der Waals surface area contributed by atoms with Gasteiger partial charge in [0.25, 0.3) is 0 Å². The zero-order chi connectivity index (χ0) is 73.2. The Labute approximate surface area is 607 Å². The van der Waals surface area contributed by atoms with Crippen LogP contribution in [0.15, 0.2) is 97.2 Å². The lowest BCUT2D eigenvalue weighted by atomic mass is 10.1. The molecule has 0 heterocycles. The summed E-state index contributed by atoms with van der Waals surface area (Å²) in [6.07, 6.45) is 76.7. The highest BCUT2D eigenvalue weighted by molar-refractivity contribution is 7.47. The summed E-state index contributed by atoms with van der Waals surface area (Å²) in [7, 11) is -9.96. The molecule has 17 nitrogen and oxygen atoms in total. The van der Waals surface area contributed by atoms with Crippen molar-refractivity contribution in [3.05, 3.63) is 97.2 Å². The number of esters is 4. The van der Waals surface area contributed by atoms with Gasteiger partial charge in [-0.2, -0.15) is 0 Å². The van der Waals surface area contributed by atoms with Crippen LogP contribution in [0.5, 0.6) is 0 Å². The number of aliphatic hydroxyl groups is 1. The van der Waals surface area contributed by atoms with Gasteiger partial charge in [-0.05, 0) is 148 Å². The third-order valence-electron chi connectivity index (χ3n) is 16.5. The van der Waals surface area contributed by atoms with E-state index in [1.807, 2.05) is 0 Å². The largest absolute Gasteiger partial charge is 0.472 e. The Balaban J connectivity index is 5.35. The minimum atomic E-state index is -4.98. The van der Waals surface area contributed by atoms with Gasteiger partial charge in [-0.15, -0.1) is 0 Å². The minimum absolute atomic E-state index is 0.0756. The lowest BCUT2D eigenvalue weighted by molar-refractivity contribution is -0.161. The molecule has 0 rings (SSSR count). The van der Waals surface area contributed by atoms with Crippen molar-refractivity contribution in [2.24, 2.45) is 0 Å². The molecule has 5 unspecified atom stereocenters. The molecule has 100 heavy (non-hydrogen) atoms. The molecular formula is C81H142O17P2. The number of ether oxygens (including phenoxy) is 4. The van der Waals surface area contributed by atoms with Crippen LogP contribution in [0.4, 0.5) is 0 Å². The van der Waals surface area contributed by atoms with Gasteiger partial charge in [0, 0.05) is 25.7 Å². The molecule has 578 valence electrons. The second-order valence-corrected chi connectivity index (χ2v) is 29.2. The number of allylic oxidation sites excluding steroid dienone is 16. The average molecular weight is 1450 g/mol. The van der Waals surface area contributed by atoms with Crippen LogP contribution in [0.2, 0.25) is 0 Å². The third kappa shape index (κ3) is 72.3. The molecule has 0 saturated heterocycles. The fraction of sp³-hybridized carbons (Fsp3) is 0.753. The van der Waals surface area contributed by atoms with E-state index in [0.717, 1.165) is 193 Å². The molecule has 0 aliphatic carbocycles. The van der Waals surface area contributed by atoms with Crippen LogP contribution in [0.25, 0.3) is 0 Å². The summed E-state index contributed by atoms with van der Waals surface area (Å²) in [5.74, 6) is -2.22. The first kappa shape index (κ1) is 96.0. The standard InChI is InChI=1S/C81H142O17P2/c1-5-9-13-17-21-25-29-33-35-36-37-38-40-44-46-50-54-58-62-66-79(84)92-72-77(98-81(86)68-64-60-56-52-48-42-32-28-24-20-16-12-8-4)74-96-100(89,90)94-70-75(82)69-93-99(87,88)95-73-76(97-80(85)67-63-59-55-51-47-41-31-27-23-19-15-11-7-3)71-91-78(83)65-61-57-53-49-45-43-39-34-30-26-22-18-14-10-6-2/h15,19,21-22,25-28,31-35,37-39,75-77,82H,5-14,16-18,20,23-24,29-30,36,40-74H2,1-4H3,(H,87,88)(H,89,90)/b19-15-,25-21-,26-22-,31-27-,32-28-,35-33-,38-37-,39-34-. The van der Waals surface area contributed by atoms with Crippen LogP contribution in [0, 0.1) is 0 Å². The lowest BCUT2D eigenvalue weighted by Crippen LogP contribution is -2.30. The number of hydrogen-bond donors (Lipinski definition) is 3. The first-order valence-corrected chi connectivity index (χ1v) is 42.5. The molecule has 0 spiro atoms. The van der Waals surface area contributed by atoms with E-state index in [1.165, 1.54) is 64.2 Å². The Bertz CT molecular complexity index is 2270. The fourth-order valence-corrected chi connectivity index (χ4v) is 12.0. The smallest absolute Gasteiger partial charge is 0.462 e. The Kier molecular flexibility index (Phi) is 70.4. The minimum Gasteiger partial charge on any atom is -0.462 e. The van der Waals surface area contributed by atoms with Gasteiger partial charge >= 0.3 is 39.5 Å². The van der Waals surface area contributed by atoms with E-state index >= 15 is 0 Å². The number of phosphoric acid groups is 2. The van der Waals surface area contributed by atoms with Crippen LogP contribution in [0.3, 0.4) is 0 Å². The molecule has 0 aliphatic rings. The monoisotopic (exact) mass is 1450 g/mol. The highest BCUT2D eigenvalue weighted by atomic mass is 31.2. The predicted octanol–water partition coefficient (Wildman–Crippen LogP) is 22.8. The zero-order valence-corrected chi connectivity index (χ0v) is 64.9. The molecule has 0 amide bonds. The van der Waals surface area contributed by atoms with Crippen molar-refractivity contribution in [2.45, 2.75) is 354 Å². The van der Waals surface area contributed by atoms with Crippen LogP contribution in [-0.2, 0) is 65.4 Å². The summed E-state index contributed by atoms with van der Waals surface area (Å²) in [6, 6.07) is 0. The van der Waals surface area contributed by atoms with E-state index < -0.39 is 97.5 Å². The Morgan fingerprint density at radius 2 is 0.510 bits per heavy atom. The van der Waals surface area contributed by atoms with Gasteiger partial charge < -0.3 is 33.8 Å². The Morgan fingerprint density at radius 3 is 0.820 bits per heavy atom.